The van der Waals surface area contributed by atoms with Gasteiger partial charge in [-0.3, -0.25) is 9.97 Å². The second-order valence-corrected chi connectivity index (χ2v) is 5.28. The molecule has 0 spiro atoms. The molecule has 0 amide bonds. The minimum absolute atomic E-state index is 0.474. The summed E-state index contributed by atoms with van der Waals surface area (Å²) in [7, 11) is 0. The minimum Gasteiger partial charge on any atom is -0.388 e. The first kappa shape index (κ1) is 13.7. The van der Waals surface area contributed by atoms with E-state index in [0.717, 1.165) is 34.3 Å². The average molecular weight is 278 g/mol. The number of benzene rings is 1. The number of aliphatic hydroxyl groups is 1. The number of rotatable bonds is 4. The van der Waals surface area contributed by atoms with E-state index < -0.39 is 6.10 Å². The maximum atomic E-state index is 10.3. The Balaban J connectivity index is 1.75. The lowest BCUT2D eigenvalue weighted by molar-refractivity contribution is 0.167. The number of aromatic nitrogens is 2. The van der Waals surface area contributed by atoms with Crippen molar-refractivity contribution in [1.82, 2.24) is 9.97 Å². The molecule has 0 aliphatic carbocycles. The van der Waals surface area contributed by atoms with E-state index in [1.165, 1.54) is 0 Å². The summed E-state index contributed by atoms with van der Waals surface area (Å²) in [6, 6.07) is 15.8. The van der Waals surface area contributed by atoms with E-state index in [1.54, 1.807) is 6.20 Å². The van der Waals surface area contributed by atoms with Crippen molar-refractivity contribution in [2.24, 2.45) is 0 Å². The number of pyridine rings is 2. The van der Waals surface area contributed by atoms with E-state index in [4.69, 9.17) is 0 Å². The third-order valence-corrected chi connectivity index (χ3v) is 3.64. The summed E-state index contributed by atoms with van der Waals surface area (Å²) in [4.78, 5) is 8.76. The fraction of sp³-hybridized carbons (Fsp3) is 0.222. The van der Waals surface area contributed by atoms with Gasteiger partial charge >= 0.3 is 0 Å². The van der Waals surface area contributed by atoms with Gasteiger partial charge in [-0.25, -0.2) is 0 Å². The Morgan fingerprint density at radius 2 is 2.00 bits per heavy atom. The Labute approximate surface area is 124 Å². The summed E-state index contributed by atoms with van der Waals surface area (Å²) >= 11 is 0. The zero-order chi connectivity index (χ0) is 14.7. The van der Waals surface area contributed by atoms with Crippen molar-refractivity contribution in [3.05, 3.63) is 71.7 Å². The smallest absolute Gasteiger partial charge is 0.0794 e. The lowest BCUT2D eigenvalue weighted by Crippen LogP contribution is -2.01. The van der Waals surface area contributed by atoms with Gasteiger partial charge in [-0.1, -0.05) is 18.2 Å². The molecular formula is C18H18N2O. The van der Waals surface area contributed by atoms with Crippen LogP contribution in [0.5, 0.6) is 0 Å². The number of hydrogen-bond donors (Lipinski definition) is 1. The fourth-order valence-electron chi connectivity index (χ4n) is 2.45. The summed E-state index contributed by atoms with van der Waals surface area (Å²) in [5.74, 6) is 0. The van der Waals surface area contributed by atoms with Crippen LogP contribution >= 0.6 is 0 Å². The summed E-state index contributed by atoms with van der Waals surface area (Å²) in [5, 5.41) is 11.4. The molecule has 3 rings (SSSR count). The highest BCUT2D eigenvalue weighted by atomic mass is 16.3. The van der Waals surface area contributed by atoms with E-state index in [0.29, 0.717) is 6.42 Å². The van der Waals surface area contributed by atoms with E-state index in [-0.39, 0.29) is 0 Å². The molecule has 1 unspecified atom stereocenters. The van der Waals surface area contributed by atoms with Crippen molar-refractivity contribution in [3.63, 3.8) is 0 Å². The van der Waals surface area contributed by atoms with Gasteiger partial charge in [-0.05, 0) is 55.7 Å². The molecule has 0 aliphatic rings. The van der Waals surface area contributed by atoms with E-state index in [1.807, 2.05) is 55.5 Å². The highest BCUT2D eigenvalue weighted by Gasteiger charge is 2.09. The van der Waals surface area contributed by atoms with Crippen molar-refractivity contribution in [3.8, 4) is 0 Å². The third-order valence-electron chi connectivity index (χ3n) is 3.64. The molecule has 0 saturated heterocycles. The third kappa shape index (κ3) is 3.26. The number of aryl methyl sites for hydroxylation is 2. The first-order valence-electron chi connectivity index (χ1n) is 7.18. The number of nitrogens with zero attached hydrogens (tertiary/aromatic N) is 2. The molecule has 3 heteroatoms. The van der Waals surface area contributed by atoms with Gasteiger partial charge in [-0.2, -0.15) is 0 Å². The predicted octanol–water partition coefficient (Wildman–Crippen LogP) is 3.60. The zero-order valence-corrected chi connectivity index (χ0v) is 12.0. The first-order chi connectivity index (χ1) is 10.2. The van der Waals surface area contributed by atoms with Crippen molar-refractivity contribution in [2.45, 2.75) is 25.9 Å². The van der Waals surface area contributed by atoms with Gasteiger partial charge in [0.05, 0.1) is 11.6 Å². The zero-order valence-electron chi connectivity index (χ0n) is 12.0. The van der Waals surface area contributed by atoms with Crippen LogP contribution in [0.25, 0.3) is 10.9 Å². The largest absolute Gasteiger partial charge is 0.388 e. The highest BCUT2D eigenvalue weighted by Crippen LogP contribution is 2.22. The molecule has 1 N–H and O–H groups in total. The van der Waals surface area contributed by atoms with Crippen LogP contribution in [0.4, 0.5) is 0 Å². The molecule has 2 aromatic heterocycles. The normalized spacial score (nSPS) is 12.5. The monoisotopic (exact) mass is 278 g/mol. The van der Waals surface area contributed by atoms with Gasteiger partial charge in [-0.15, -0.1) is 0 Å². The van der Waals surface area contributed by atoms with E-state index >= 15 is 0 Å². The van der Waals surface area contributed by atoms with Crippen molar-refractivity contribution in [1.29, 1.82) is 0 Å². The average Bonchev–Trinajstić information content (AvgIpc) is 2.53. The standard InChI is InChI=1S/C18H18N2O/c1-13-5-6-14-12-15(7-9-17(14)20-13)18(21)10-8-16-4-2-3-11-19-16/h2-7,9,11-12,18,21H,8,10H2,1H3. The number of fused-ring (bicyclic) bond motifs is 1. The van der Waals surface area contributed by atoms with Crippen LogP contribution in [-0.4, -0.2) is 15.1 Å². The van der Waals surface area contributed by atoms with Crippen LogP contribution in [0.3, 0.4) is 0 Å². The molecule has 2 heterocycles. The Hall–Kier alpha value is -2.26. The lowest BCUT2D eigenvalue weighted by atomic mass is 10.0. The second-order valence-electron chi connectivity index (χ2n) is 5.28. The van der Waals surface area contributed by atoms with Crippen molar-refractivity contribution >= 4 is 10.9 Å². The van der Waals surface area contributed by atoms with Crippen LogP contribution in [0.2, 0.25) is 0 Å². The number of hydrogen-bond acceptors (Lipinski definition) is 3. The predicted molar refractivity (Wildman–Crippen MR) is 84.0 cm³/mol. The Bertz CT molecular complexity index is 741. The maximum Gasteiger partial charge on any atom is 0.0794 e. The molecule has 0 aliphatic heterocycles. The van der Waals surface area contributed by atoms with Crippen molar-refractivity contribution in [2.75, 3.05) is 0 Å². The van der Waals surface area contributed by atoms with Crippen LogP contribution in [0.1, 0.15) is 29.5 Å². The fourth-order valence-corrected chi connectivity index (χ4v) is 2.45. The summed E-state index contributed by atoms with van der Waals surface area (Å²) in [5.41, 5.74) is 3.92. The van der Waals surface area contributed by atoms with Crippen LogP contribution in [0, 0.1) is 6.92 Å². The number of aliphatic hydroxyl groups excluding tert-OH is 1. The maximum absolute atomic E-state index is 10.3. The second kappa shape index (κ2) is 6.02. The molecular weight excluding hydrogens is 260 g/mol. The molecule has 1 aromatic carbocycles. The SMILES string of the molecule is Cc1ccc2cc(C(O)CCc3ccccn3)ccc2n1. The minimum atomic E-state index is -0.474. The molecule has 3 aromatic rings. The van der Waals surface area contributed by atoms with E-state index in [2.05, 4.69) is 9.97 Å². The Kier molecular flexibility index (Phi) is 3.93. The van der Waals surface area contributed by atoms with Crippen LogP contribution in [-0.2, 0) is 6.42 Å². The van der Waals surface area contributed by atoms with Gasteiger partial charge in [0.1, 0.15) is 0 Å². The van der Waals surface area contributed by atoms with Gasteiger partial charge in [0, 0.05) is 23.0 Å². The summed E-state index contributed by atoms with van der Waals surface area (Å²) in [6.45, 7) is 1.98. The van der Waals surface area contributed by atoms with Gasteiger partial charge in [0.15, 0.2) is 0 Å². The topological polar surface area (TPSA) is 46.0 Å². The van der Waals surface area contributed by atoms with Crippen LogP contribution < -0.4 is 0 Å². The quantitative estimate of drug-likeness (QED) is 0.793. The summed E-state index contributed by atoms with van der Waals surface area (Å²) in [6.07, 6.45) is 2.75. The Morgan fingerprint density at radius 3 is 2.81 bits per heavy atom. The Morgan fingerprint density at radius 1 is 1.10 bits per heavy atom. The molecule has 0 fully saturated rings. The van der Waals surface area contributed by atoms with Crippen LogP contribution in [0.15, 0.2) is 54.7 Å². The summed E-state index contributed by atoms with van der Waals surface area (Å²) < 4.78 is 0. The molecule has 3 nitrogen and oxygen atoms in total. The van der Waals surface area contributed by atoms with Crippen molar-refractivity contribution < 1.29 is 5.11 Å². The van der Waals surface area contributed by atoms with Gasteiger partial charge < -0.3 is 5.11 Å². The molecule has 1 atom stereocenters. The molecule has 0 bridgehead atoms. The van der Waals surface area contributed by atoms with Gasteiger partial charge in [0.25, 0.3) is 0 Å². The molecule has 21 heavy (non-hydrogen) atoms. The lowest BCUT2D eigenvalue weighted by Gasteiger charge is -2.11. The molecule has 106 valence electrons. The van der Waals surface area contributed by atoms with E-state index in [9.17, 15) is 5.11 Å². The molecule has 0 radical (unpaired) electrons. The highest BCUT2D eigenvalue weighted by molar-refractivity contribution is 5.79. The first-order valence-corrected chi connectivity index (χ1v) is 7.18. The molecule has 0 saturated carbocycles. The van der Waals surface area contributed by atoms with Gasteiger partial charge in [0.2, 0.25) is 0 Å².